The van der Waals surface area contributed by atoms with Crippen LogP contribution in [0.3, 0.4) is 0 Å². The third-order valence-corrected chi connectivity index (χ3v) is 4.69. The molecule has 31 heavy (non-hydrogen) atoms. The molecule has 0 spiro atoms. The van der Waals surface area contributed by atoms with E-state index in [1.165, 1.54) is 4.90 Å². The van der Waals surface area contributed by atoms with Crippen LogP contribution in [0.1, 0.15) is 20.8 Å². The van der Waals surface area contributed by atoms with Gasteiger partial charge in [0.25, 0.3) is 0 Å². The van der Waals surface area contributed by atoms with Crippen molar-refractivity contribution in [3.05, 3.63) is 0 Å². The summed E-state index contributed by atoms with van der Waals surface area (Å²) in [7, 11) is 0. The van der Waals surface area contributed by atoms with Gasteiger partial charge in [-0.2, -0.15) is 13.2 Å². The van der Waals surface area contributed by atoms with Gasteiger partial charge in [0, 0.05) is 58.3 Å². The smallest absolute Gasteiger partial charge is 0.303 e. The van der Waals surface area contributed by atoms with Crippen LogP contribution >= 0.6 is 0 Å². The molecule has 0 saturated carbocycles. The van der Waals surface area contributed by atoms with Crippen molar-refractivity contribution in [1.29, 1.82) is 0 Å². The molecule has 0 aromatic carbocycles. The highest BCUT2D eigenvalue weighted by Gasteiger charge is 2.19. The van der Waals surface area contributed by atoms with Crippen LogP contribution in [0.4, 0.5) is 13.2 Å². The summed E-state index contributed by atoms with van der Waals surface area (Å²) in [6, 6.07) is -4.39. The molecule has 0 atom stereocenters. The predicted molar refractivity (Wildman–Crippen MR) is 111 cm³/mol. The standard InChI is InChI=1S/C16H27F3N4O3.C4H8O/c1-2-20-3-5-21(11-14(17)24)7-9-23(13-16(19)26)10-8-22(6-4-20)12-15(18)25;1-4(2)3-5/h2-13H2,1H3;3-4H,1-2H3. The van der Waals surface area contributed by atoms with Crippen LogP contribution < -0.4 is 0 Å². The molecule has 11 heteroatoms. The Bertz CT molecular complexity index is 535. The van der Waals surface area contributed by atoms with Crippen molar-refractivity contribution in [2.75, 3.05) is 78.5 Å². The summed E-state index contributed by atoms with van der Waals surface area (Å²) in [5.74, 6) is 0.204. The van der Waals surface area contributed by atoms with E-state index < -0.39 is 24.7 Å². The zero-order valence-corrected chi connectivity index (χ0v) is 18.7. The van der Waals surface area contributed by atoms with Crippen LogP contribution in [-0.2, 0) is 19.2 Å². The Morgan fingerprint density at radius 2 is 0.903 bits per heavy atom. The molecular formula is C20H35F3N4O4. The molecule has 0 aromatic heterocycles. The number of hydrogen-bond donors (Lipinski definition) is 0. The quantitative estimate of drug-likeness (QED) is 0.390. The number of carbonyl (C=O) groups is 4. The fourth-order valence-electron chi connectivity index (χ4n) is 2.90. The van der Waals surface area contributed by atoms with E-state index in [4.69, 9.17) is 0 Å². The molecule has 0 aliphatic carbocycles. The molecule has 180 valence electrons. The van der Waals surface area contributed by atoms with E-state index in [2.05, 4.69) is 4.90 Å². The van der Waals surface area contributed by atoms with Gasteiger partial charge in [0.05, 0.1) is 19.6 Å². The molecule has 0 bridgehead atoms. The Balaban J connectivity index is 0.00000161. The Morgan fingerprint density at radius 1 is 0.677 bits per heavy atom. The first-order valence-electron chi connectivity index (χ1n) is 10.5. The Labute approximate surface area is 182 Å². The average Bonchev–Trinajstić information content (AvgIpc) is 2.67. The lowest BCUT2D eigenvalue weighted by atomic mass is 10.3. The first-order chi connectivity index (χ1) is 14.6. The zero-order chi connectivity index (χ0) is 23.8. The summed E-state index contributed by atoms with van der Waals surface area (Å²) in [6.45, 7) is 8.36. The largest absolute Gasteiger partial charge is 0.315 e. The zero-order valence-electron chi connectivity index (χ0n) is 18.7. The number of likely N-dealkylation sites (N-methyl/N-ethyl adjacent to an activating group) is 1. The highest BCUT2D eigenvalue weighted by Crippen LogP contribution is 2.02. The Morgan fingerprint density at radius 3 is 1.06 bits per heavy atom. The maximum absolute atomic E-state index is 12.8. The van der Waals surface area contributed by atoms with E-state index in [1.807, 2.05) is 20.8 Å². The molecule has 1 saturated heterocycles. The van der Waals surface area contributed by atoms with Crippen LogP contribution in [0.25, 0.3) is 0 Å². The van der Waals surface area contributed by atoms with Gasteiger partial charge in [-0.05, 0) is 6.54 Å². The van der Waals surface area contributed by atoms with Gasteiger partial charge in [0.1, 0.15) is 6.29 Å². The Hall–Kier alpha value is -1.69. The van der Waals surface area contributed by atoms with Crippen LogP contribution in [-0.4, -0.2) is 123 Å². The van der Waals surface area contributed by atoms with Gasteiger partial charge in [-0.3, -0.25) is 29.1 Å². The molecule has 1 aliphatic rings. The van der Waals surface area contributed by atoms with Gasteiger partial charge in [0.2, 0.25) is 0 Å². The SMILES string of the molecule is CC(C)C=O.CCN1CCN(CC(=O)F)CCN(CC(=O)F)CCN(CC(=O)F)CC1. The maximum atomic E-state index is 12.8. The monoisotopic (exact) mass is 452 g/mol. The number of rotatable bonds is 8. The third-order valence-electron chi connectivity index (χ3n) is 4.69. The highest BCUT2D eigenvalue weighted by molar-refractivity contribution is 5.70. The van der Waals surface area contributed by atoms with E-state index in [0.29, 0.717) is 39.3 Å². The molecule has 1 rings (SSSR count). The van der Waals surface area contributed by atoms with E-state index in [9.17, 15) is 32.3 Å². The van der Waals surface area contributed by atoms with Crippen LogP contribution in [0.2, 0.25) is 0 Å². The average molecular weight is 453 g/mol. The summed E-state index contributed by atoms with van der Waals surface area (Å²) >= 11 is 0. The first-order valence-corrected chi connectivity index (χ1v) is 10.5. The van der Waals surface area contributed by atoms with Gasteiger partial charge in [0.15, 0.2) is 0 Å². The maximum Gasteiger partial charge on any atom is 0.315 e. The molecule has 0 N–H and O–H groups in total. The van der Waals surface area contributed by atoms with Crippen molar-refractivity contribution in [1.82, 2.24) is 19.6 Å². The highest BCUT2D eigenvalue weighted by atomic mass is 19.1. The topological polar surface area (TPSA) is 81.2 Å². The van der Waals surface area contributed by atoms with E-state index in [-0.39, 0.29) is 32.1 Å². The van der Waals surface area contributed by atoms with Crippen molar-refractivity contribution in [2.24, 2.45) is 5.92 Å². The fourth-order valence-corrected chi connectivity index (χ4v) is 2.90. The number of aldehydes is 1. The number of halogens is 3. The van der Waals surface area contributed by atoms with Crippen LogP contribution in [0, 0.1) is 5.92 Å². The number of nitrogens with zero attached hydrogens (tertiary/aromatic N) is 4. The minimum atomic E-state index is -1.50. The van der Waals surface area contributed by atoms with Crippen LogP contribution in [0.5, 0.6) is 0 Å². The second-order valence-electron chi connectivity index (χ2n) is 7.71. The number of carbonyl (C=O) groups excluding carboxylic acids is 4. The lowest BCUT2D eigenvalue weighted by molar-refractivity contribution is -0.132. The van der Waals surface area contributed by atoms with Crippen molar-refractivity contribution < 1.29 is 32.3 Å². The minimum absolute atomic E-state index is 0.204. The summed E-state index contributed by atoms with van der Waals surface area (Å²) < 4.78 is 38.4. The molecule has 0 aromatic rings. The van der Waals surface area contributed by atoms with Gasteiger partial charge in [-0.1, -0.05) is 20.8 Å². The van der Waals surface area contributed by atoms with E-state index in [0.717, 1.165) is 12.8 Å². The molecule has 0 amide bonds. The van der Waals surface area contributed by atoms with Crippen molar-refractivity contribution >= 4 is 24.4 Å². The normalized spacial score (nSPS) is 18.4. The second-order valence-corrected chi connectivity index (χ2v) is 7.71. The van der Waals surface area contributed by atoms with Gasteiger partial charge >= 0.3 is 18.1 Å². The molecule has 1 heterocycles. The van der Waals surface area contributed by atoms with E-state index >= 15 is 0 Å². The summed E-state index contributed by atoms with van der Waals surface area (Å²) in [6.07, 6.45) is 0.917. The summed E-state index contributed by atoms with van der Waals surface area (Å²) in [4.78, 5) is 48.8. The number of hydrogen-bond acceptors (Lipinski definition) is 8. The summed E-state index contributed by atoms with van der Waals surface area (Å²) in [5, 5.41) is 0. The third kappa shape index (κ3) is 16.6. The Kier molecular flexibility index (Phi) is 16.0. The van der Waals surface area contributed by atoms with Crippen LogP contribution in [0.15, 0.2) is 0 Å². The van der Waals surface area contributed by atoms with Crippen molar-refractivity contribution in [3.8, 4) is 0 Å². The summed E-state index contributed by atoms with van der Waals surface area (Å²) in [5.41, 5.74) is 0. The molecule has 0 unspecified atom stereocenters. The minimum Gasteiger partial charge on any atom is -0.303 e. The van der Waals surface area contributed by atoms with Gasteiger partial charge in [-0.15, -0.1) is 0 Å². The molecule has 8 nitrogen and oxygen atoms in total. The van der Waals surface area contributed by atoms with Crippen molar-refractivity contribution in [3.63, 3.8) is 0 Å². The molecular weight excluding hydrogens is 417 g/mol. The van der Waals surface area contributed by atoms with Gasteiger partial charge in [-0.25, -0.2) is 0 Å². The lowest BCUT2D eigenvalue weighted by Gasteiger charge is -2.32. The van der Waals surface area contributed by atoms with Crippen molar-refractivity contribution in [2.45, 2.75) is 20.8 Å². The molecule has 0 radical (unpaired) electrons. The second kappa shape index (κ2) is 16.9. The fraction of sp³-hybridized carbons (Fsp3) is 0.800. The lowest BCUT2D eigenvalue weighted by Crippen LogP contribution is -2.47. The van der Waals surface area contributed by atoms with Gasteiger partial charge < -0.3 is 9.69 Å². The molecule has 1 fully saturated rings. The first kappa shape index (κ1) is 29.3. The predicted octanol–water partition coefficient (Wildman–Crippen LogP) is 0.558. The van der Waals surface area contributed by atoms with E-state index in [1.54, 1.807) is 9.80 Å². The molecule has 1 aliphatic heterocycles.